The van der Waals surface area contributed by atoms with Crippen molar-refractivity contribution in [2.45, 2.75) is 354 Å². The maximum atomic E-state index is 12.9. The fraction of sp³-hybridized carbons (Fsp3) is 0.750. The molecule has 0 spiro atoms. The fourth-order valence-electron chi connectivity index (χ4n) is 10.0. The van der Waals surface area contributed by atoms with Gasteiger partial charge < -0.3 is 14.2 Å². The van der Waals surface area contributed by atoms with Crippen LogP contribution in [0.4, 0.5) is 0 Å². The second-order valence-corrected chi connectivity index (χ2v) is 23.4. The van der Waals surface area contributed by atoms with Gasteiger partial charge in [-0.25, -0.2) is 0 Å². The van der Waals surface area contributed by atoms with E-state index in [2.05, 4.69) is 118 Å². The van der Waals surface area contributed by atoms with Gasteiger partial charge in [-0.1, -0.05) is 311 Å². The van der Waals surface area contributed by atoms with Gasteiger partial charge in [-0.3, -0.25) is 14.4 Å². The first-order valence-corrected chi connectivity index (χ1v) is 35.2. The molecule has 0 rings (SSSR count). The quantitative estimate of drug-likeness (QED) is 0.0261. The number of esters is 3. The van der Waals surface area contributed by atoms with Crippen LogP contribution in [-0.2, 0) is 28.6 Å². The summed E-state index contributed by atoms with van der Waals surface area (Å²) in [6, 6.07) is 0. The number of hydrogen-bond donors (Lipinski definition) is 0. The number of unbranched alkanes of at least 4 members (excludes halogenated alkanes) is 37. The van der Waals surface area contributed by atoms with E-state index in [-0.39, 0.29) is 37.5 Å². The zero-order chi connectivity index (χ0) is 59.2. The molecule has 472 valence electrons. The first-order valence-electron chi connectivity index (χ1n) is 35.2. The summed E-state index contributed by atoms with van der Waals surface area (Å²) in [5.74, 6) is -0.928. The van der Waals surface area contributed by atoms with Gasteiger partial charge in [-0.2, -0.15) is 0 Å². The van der Waals surface area contributed by atoms with Crippen molar-refractivity contribution in [1.82, 2.24) is 0 Å². The van der Waals surface area contributed by atoms with Crippen LogP contribution < -0.4 is 0 Å². The maximum Gasteiger partial charge on any atom is 0.306 e. The van der Waals surface area contributed by atoms with Gasteiger partial charge in [-0.05, 0) is 116 Å². The zero-order valence-electron chi connectivity index (χ0n) is 54.2. The largest absolute Gasteiger partial charge is 0.462 e. The van der Waals surface area contributed by atoms with Crippen molar-refractivity contribution in [1.29, 1.82) is 0 Å². The first-order chi connectivity index (χ1) is 40.5. The summed E-state index contributed by atoms with van der Waals surface area (Å²) in [7, 11) is 0. The Kier molecular flexibility index (Phi) is 66.7. The number of rotatable bonds is 64. The molecule has 0 bridgehead atoms. The number of allylic oxidation sites excluding steroid dienone is 16. The van der Waals surface area contributed by atoms with Crippen LogP contribution in [0.2, 0.25) is 0 Å². The highest BCUT2D eigenvalue weighted by Gasteiger charge is 2.19. The van der Waals surface area contributed by atoms with Crippen LogP contribution in [0.25, 0.3) is 0 Å². The lowest BCUT2D eigenvalue weighted by atomic mass is 10.0. The van der Waals surface area contributed by atoms with E-state index >= 15 is 0 Å². The van der Waals surface area contributed by atoms with Gasteiger partial charge in [0.1, 0.15) is 13.2 Å². The number of carbonyl (C=O) groups is 3. The molecule has 0 saturated carbocycles. The van der Waals surface area contributed by atoms with Gasteiger partial charge in [-0.15, -0.1) is 0 Å². The van der Waals surface area contributed by atoms with Gasteiger partial charge in [0.25, 0.3) is 0 Å². The Morgan fingerprint density at radius 1 is 0.256 bits per heavy atom. The Bertz CT molecular complexity index is 1590. The van der Waals surface area contributed by atoms with E-state index in [1.165, 1.54) is 186 Å². The van der Waals surface area contributed by atoms with Crippen molar-refractivity contribution in [2.24, 2.45) is 0 Å². The van der Waals surface area contributed by atoms with E-state index in [1.807, 2.05) is 0 Å². The third-order valence-corrected chi connectivity index (χ3v) is 15.3. The van der Waals surface area contributed by atoms with Crippen molar-refractivity contribution in [3.8, 4) is 0 Å². The molecular formula is C76H132O6. The van der Waals surface area contributed by atoms with Crippen molar-refractivity contribution in [2.75, 3.05) is 13.2 Å². The smallest absolute Gasteiger partial charge is 0.306 e. The molecule has 0 N–H and O–H groups in total. The minimum absolute atomic E-state index is 0.0937. The van der Waals surface area contributed by atoms with Crippen LogP contribution >= 0.6 is 0 Å². The molecule has 0 amide bonds. The van der Waals surface area contributed by atoms with E-state index < -0.39 is 6.10 Å². The second kappa shape index (κ2) is 69.8. The molecule has 0 radical (unpaired) electrons. The van der Waals surface area contributed by atoms with Crippen LogP contribution in [0, 0.1) is 0 Å². The van der Waals surface area contributed by atoms with E-state index in [4.69, 9.17) is 14.2 Å². The molecule has 0 aliphatic heterocycles. The molecule has 0 saturated heterocycles. The molecule has 0 aromatic heterocycles. The highest BCUT2D eigenvalue weighted by atomic mass is 16.6. The Labute approximate surface area is 508 Å². The summed E-state index contributed by atoms with van der Waals surface area (Å²) in [5.41, 5.74) is 0. The molecule has 0 aliphatic rings. The summed E-state index contributed by atoms with van der Waals surface area (Å²) in [5, 5.41) is 0. The molecule has 0 heterocycles. The highest BCUT2D eigenvalue weighted by molar-refractivity contribution is 5.71. The van der Waals surface area contributed by atoms with Gasteiger partial charge in [0.2, 0.25) is 0 Å². The predicted molar refractivity (Wildman–Crippen MR) is 357 cm³/mol. The van der Waals surface area contributed by atoms with Crippen LogP contribution in [-0.4, -0.2) is 37.2 Å². The molecule has 0 aromatic carbocycles. The van der Waals surface area contributed by atoms with Crippen LogP contribution in [0.3, 0.4) is 0 Å². The van der Waals surface area contributed by atoms with Gasteiger partial charge in [0.15, 0.2) is 6.10 Å². The summed E-state index contributed by atoms with van der Waals surface area (Å²) < 4.78 is 16.9. The molecule has 0 aromatic rings. The first kappa shape index (κ1) is 78.3. The molecule has 6 heteroatoms. The van der Waals surface area contributed by atoms with Crippen molar-refractivity contribution in [3.05, 3.63) is 97.2 Å². The Hall–Kier alpha value is -3.67. The normalized spacial score (nSPS) is 12.7. The SMILES string of the molecule is CC/C=C\C/C=C\C/C=C\C/C=C\C/C=C\CCCCCC(=O)OC(COC(=O)CCCCCCC/C=C\C/C=C\CCCC)COC(=O)CCCCCCCCCCCCCCCCCCCCC/C=C\CCCCCCCCCC. The minimum atomic E-state index is -0.802. The lowest BCUT2D eigenvalue weighted by Crippen LogP contribution is -2.30. The molecule has 1 unspecified atom stereocenters. The molecule has 0 aliphatic carbocycles. The zero-order valence-corrected chi connectivity index (χ0v) is 54.2. The second-order valence-electron chi connectivity index (χ2n) is 23.4. The van der Waals surface area contributed by atoms with E-state index in [0.717, 1.165) is 122 Å². The van der Waals surface area contributed by atoms with Crippen molar-refractivity contribution >= 4 is 17.9 Å². The van der Waals surface area contributed by atoms with E-state index in [1.54, 1.807) is 0 Å². The topological polar surface area (TPSA) is 78.9 Å². The molecule has 6 nitrogen and oxygen atoms in total. The molecule has 1 atom stereocenters. The number of carbonyl (C=O) groups excluding carboxylic acids is 3. The average molecular weight is 1140 g/mol. The third-order valence-electron chi connectivity index (χ3n) is 15.3. The standard InChI is InChI=1S/C76H132O6/c1-4-7-10-13-16-19-22-25-28-30-32-33-34-35-36-37-38-39-40-41-42-43-45-46-48-51-54-57-60-63-66-69-75(78)81-72-73(71-80-74(77)68-65-62-59-56-53-50-27-24-21-18-15-12-9-6-3)82-76(79)70-67-64-61-58-55-52-49-47-44-31-29-26-23-20-17-14-11-8-5-2/h8,11,15,17-18,20,24,26-27,29-30,32,44,47,52,55,73H,4-7,9-10,12-14,16,19,21-23,25,28,31,33-43,45-46,48-51,53-54,56-72H2,1-3H3/b11-8-,18-15-,20-17-,27-24-,29-26-,32-30-,47-44-,55-52-. The lowest BCUT2D eigenvalue weighted by Gasteiger charge is -2.18. The molecule has 82 heavy (non-hydrogen) atoms. The third kappa shape index (κ3) is 67.1. The van der Waals surface area contributed by atoms with Gasteiger partial charge in [0.05, 0.1) is 0 Å². The van der Waals surface area contributed by atoms with Crippen molar-refractivity contribution < 1.29 is 28.6 Å². The lowest BCUT2D eigenvalue weighted by molar-refractivity contribution is -0.167. The highest BCUT2D eigenvalue weighted by Crippen LogP contribution is 2.17. The fourth-order valence-corrected chi connectivity index (χ4v) is 10.0. The summed E-state index contributed by atoms with van der Waals surface area (Å²) in [4.78, 5) is 38.4. The van der Waals surface area contributed by atoms with Crippen LogP contribution in [0.15, 0.2) is 97.2 Å². The summed E-state index contributed by atoms with van der Waals surface area (Å²) >= 11 is 0. The summed E-state index contributed by atoms with van der Waals surface area (Å²) in [6.07, 6.45) is 94.5. The van der Waals surface area contributed by atoms with Crippen molar-refractivity contribution in [3.63, 3.8) is 0 Å². The Morgan fingerprint density at radius 2 is 0.488 bits per heavy atom. The number of ether oxygens (including phenoxy) is 3. The average Bonchev–Trinajstić information content (AvgIpc) is 3.47. The monoisotopic (exact) mass is 1140 g/mol. The van der Waals surface area contributed by atoms with E-state index in [0.29, 0.717) is 12.8 Å². The van der Waals surface area contributed by atoms with E-state index in [9.17, 15) is 14.4 Å². The Balaban J connectivity index is 4.25. The maximum absolute atomic E-state index is 12.9. The van der Waals surface area contributed by atoms with Gasteiger partial charge in [0, 0.05) is 19.3 Å². The van der Waals surface area contributed by atoms with Crippen LogP contribution in [0.1, 0.15) is 348 Å². The minimum Gasteiger partial charge on any atom is -0.462 e. The predicted octanol–water partition coefficient (Wildman–Crippen LogP) is 24.4. The molecular weight excluding hydrogens is 1010 g/mol. The van der Waals surface area contributed by atoms with Crippen LogP contribution in [0.5, 0.6) is 0 Å². The Morgan fingerprint density at radius 3 is 0.805 bits per heavy atom. The molecule has 0 fully saturated rings. The van der Waals surface area contributed by atoms with Gasteiger partial charge >= 0.3 is 17.9 Å². The number of hydrogen-bond acceptors (Lipinski definition) is 6. The summed E-state index contributed by atoms with van der Waals surface area (Å²) in [6.45, 7) is 6.48.